The van der Waals surface area contributed by atoms with E-state index in [4.69, 9.17) is 15.2 Å². The second-order valence-electron chi connectivity index (χ2n) is 4.31. The van der Waals surface area contributed by atoms with E-state index in [9.17, 15) is 4.79 Å². The first-order valence-corrected chi connectivity index (χ1v) is 5.67. The molecule has 0 aliphatic carbocycles. The van der Waals surface area contributed by atoms with Crippen molar-refractivity contribution < 1.29 is 14.3 Å². The standard InChI is InChI=1S/C11H24N2O3/c1-5-15-10(16-6-2)8-13-9(14)7-11(3,4)12/h10H,5-8,12H2,1-4H3,(H,13,14). The van der Waals surface area contributed by atoms with Crippen molar-refractivity contribution in [2.24, 2.45) is 5.73 Å². The maximum Gasteiger partial charge on any atom is 0.222 e. The quantitative estimate of drug-likeness (QED) is 0.602. The average molecular weight is 232 g/mol. The third kappa shape index (κ3) is 8.64. The first kappa shape index (κ1) is 15.3. The van der Waals surface area contributed by atoms with Crippen molar-refractivity contribution in [2.75, 3.05) is 19.8 Å². The van der Waals surface area contributed by atoms with Crippen LogP contribution in [0.15, 0.2) is 0 Å². The molecule has 5 nitrogen and oxygen atoms in total. The maximum atomic E-state index is 11.5. The summed E-state index contributed by atoms with van der Waals surface area (Å²) in [6.07, 6.45) is -0.0855. The smallest absolute Gasteiger partial charge is 0.222 e. The molecule has 0 atom stereocenters. The third-order valence-electron chi connectivity index (χ3n) is 1.79. The van der Waals surface area contributed by atoms with Gasteiger partial charge in [0.15, 0.2) is 6.29 Å². The number of ether oxygens (including phenoxy) is 2. The van der Waals surface area contributed by atoms with E-state index < -0.39 is 5.54 Å². The molecule has 0 aromatic heterocycles. The molecule has 0 bridgehead atoms. The fraction of sp³-hybridized carbons (Fsp3) is 0.909. The number of hydrogen-bond acceptors (Lipinski definition) is 4. The Hall–Kier alpha value is -0.650. The van der Waals surface area contributed by atoms with Crippen LogP contribution in [0.3, 0.4) is 0 Å². The molecule has 0 aliphatic heterocycles. The van der Waals surface area contributed by atoms with Crippen molar-refractivity contribution >= 4 is 5.91 Å². The molecular formula is C11H24N2O3. The fourth-order valence-electron chi connectivity index (χ4n) is 1.21. The molecule has 0 heterocycles. The van der Waals surface area contributed by atoms with Gasteiger partial charge in [0.25, 0.3) is 0 Å². The normalized spacial score (nSPS) is 11.9. The van der Waals surface area contributed by atoms with Crippen LogP contribution >= 0.6 is 0 Å². The lowest BCUT2D eigenvalue weighted by atomic mass is 10.0. The van der Waals surface area contributed by atoms with E-state index in [1.807, 2.05) is 27.7 Å². The number of hydrogen-bond donors (Lipinski definition) is 2. The van der Waals surface area contributed by atoms with Crippen molar-refractivity contribution in [3.63, 3.8) is 0 Å². The molecule has 0 aliphatic rings. The van der Waals surface area contributed by atoms with Crippen LogP contribution in [0.2, 0.25) is 0 Å². The third-order valence-corrected chi connectivity index (χ3v) is 1.79. The Morgan fingerprint density at radius 3 is 2.19 bits per heavy atom. The highest BCUT2D eigenvalue weighted by atomic mass is 16.7. The van der Waals surface area contributed by atoms with Crippen molar-refractivity contribution in [1.82, 2.24) is 5.32 Å². The average Bonchev–Trinajstić information content (AvgIpc) is 2.12. The molecule has 0 aromatic carbocycles. The van der Waals surface area contributed by atoms with Crippen molar-refractivity contribution in [3.05, 3.63) is 0 Å². The lowest BCUT2D eigenvalue weighted by Crippen LogP contribution is -2.42. The minimum atomic E-state index is -0.489. The first-order valence-electron chi connectivity index (χ1n) is 5.67. The van der Waals surface area contributed by atoms with Crippen molar-refractivity contribution in [1.29, 1.82) is 0 Å². The molecule has 96 valence electrons. The van der Waals surface area contributed by atoms with E-state index in [0.29, 0.717) is 19.8 Å². The summed E-state index contributed by atoms with van der Waals surface area (Å²) in [5.74, 6) is -0.0862. The molecule has 5 heteroatoms. The van der Waals surface area contributed by atoms with Gasteiger partial charge in [-0.15, -0.1) is 0 Å². The monoisotopic (exact) mass is 232 g/mol. The van der Waals surface area contributed by atoms with Crippen molar-refractivity contribution in [2.45, 2.75) is 45.9 Å². The Bertz CT molecular complexity index is 196. The van der Waals surface area contributed by atoms with Crippen LogP contribution in [0.1, 0.15) is 34.1 Å². The van der Waals surface area contributed by atoms with E-state index in [1.54, 1.807) is 0 Å². The zero-order valence-corrected chi connectivity index (χ0v) is 10.7. The summed E-state index contributed by atoms with van der Waals surface area (Å²) in [6.45, 7) is 8.88. The molecule has 0 saturated carbocycles. The largest absolute Gasteiger partial charge is 0.351 e. The van der Waals surface area contributed by atoms with Crippen LogP contribution in [-0.2, 0) is 14.3 Å². The minimum absolute atomic E-state index is 0.0862. The van der Waals surface area contributed by atoms with Gasteiger partial charge in [-0.05, 0) is 27.7 Å². The van der Waals surface area contributed by atoms with Crippen LogP contribution in [0.5, 0.6) is 0 Å². The predicted molar refractivity (Wildman–Crippen MR) is 62.9 cm³/mol. The fourth-order valence-corrected chi connectivity index (χ4v) is 1.21. The van der Waals surface area contributed by atoms with E-state index in [2.05, 4.69) is 5.32 Å². The zero-order chi connectivity index (χ0) is 12.6. The predicted octanol–water partition coefficient (Wildman–Crippen LogP) is 0.629. The van der Waals surface area contributed by atoms with E-state index in [0.717, 1.165) is 0 Å². The SMILES string of the molecule is CCOC(CNC(=O)CC(C)(C)N)OCC. The Morgan fingerprint density at radius 1 is 1.31 bits per heavy atom. The number of rotatable bonds is 8. The second-order valence-corrected chi connectivity index (χ2v) is 4.31. The molecule has 16 heavy (non-hydrogen) atoms. The Balaban J connectivity index is 3.86. The highest BCUT2D eigenvalue weighted by molar-refractivity contribution is 5.77. The lowest BCUT2D eigenvalue weighted by Gasteiger charge is -2.20. The number of carbonyl (C=O) groups is 1. The summed E-state index contributed by atoms with van der Waals surface area (Å²) in [5, 5.41) is 2.74. The molecule has 0 radical (unpaired) electrons. The summed E-state index contributed by atoms with van der Waals surface area (Å²) >= 11 is 0. The summed E-state index contributed by atoms with van der Waals surface area (Å²) in [6, 6.07) is 0. The molecular weight excluding hydrogens is 208 g/mol. The van der Waals surface area contributed by atoms with E-state index >= 15 is 0 Å². The Kier molecular flexibility index (Phi) is 7.29. The number of amides is 1. The minimum Gasteiger partial charge on any atom is -0.351 e. The van der Waals surface area contributed by atoms with Crippen molar-refractivity contribution in [3.8, 4) is 0 Å². The van der Waals surface area contributed by atoms with Gasteiger partial charge in [-0.3, -0.25) is 4.79 Å². The van der Waals surface area contributed by atoms with E-state index in [1.165, 1.54) is 0 Å². The molecule has 1 amide bonds. The number of nitrogens with two attached hydrogens (primary N) is 1. The van der Waals surface area contributed by atoms with Gasteiger partial charge in [0, 0.05) is 25.2 Å². The second kappa shape index (κ2) is 7.60. The first-order chi connectivity index (χ1) is 7.39. The van der Waals surface area contributed by atoms with Gasteiger partial charge >= 0.3 is 0 Å². The van der Waals surface area contributed by atoms with Crippen LogP contribution in [0, 0.1) is 0 Å². The van der Waals surface area contributed by atoms with Gasteiger partial charge in [-0.1, -0.05) is 0 Å². The van der Waals surface area contributed by atoms with Crippen LogP contribution in [-0.4, -0.2) is 37.5 Å². The topological polar surface area (TPSA) is 73.6 Å². The molecule has 0 aromatic rings. The van der Waals surface area contributed by atoms with Gasteiger partial charge in [0.1, 0.15) is 0 Å². The van der Waals surface area contributed by atoms with Gasteiger partial charge < -0.3 is 20.5 Å². The van der Waals surface area contributed by atoms with Crippen LogP contribution < -0.4 is 11.1 Å². The van der Waals surface area contributed by atoms with Crippen LogP contribution in [0.4, 0.5) is 0 Å². The Morgan fingerprint density at radius 2 is 1.81 bits per heavy atom. The van der Waals surface area contributed by atoms with Gasteiger partial charge in [0.05, 0.1) is 6.54 Å². The molecule has 0 spiro atoms. The Labute approximate surface area is 97.7 Å². The highest BCUT2D eigenvalue weighted by Crippen LogP contribution is 2.02. The summed E-state index contributed by atoms with van der Waals surface area (Å²) in [5.41, 5.74) is 5.25. The lowest BCUT2D eigenvalue weighted by molar-refractivity contribution is -0.140. The van der Waals surface area contributed by atoms with Gasteiger partial charge in [-0.2, -0.15) is 0 Å². The number of carbonyl (C=O) groups excluding carboxylic acids is 1. The molecule has 0 saturated heterocycles. The zero-order valence-electron chi connectivity index (χ0n) is 10.7. The van der Waals surface area contributed by atoms with E-state index in [-0.39, 0.29) is 18.6 Å². The summed E-state index contributed by atoms with van der Waals surface area (Å²) in [7, 11) is 0. The molecule has 0 unspecified atom stereocenters. The molecule has 3 N–H and O–H groups in total. The summed E-state index contributed by atoms with van der Waals surface area (Å²) in [4.78, 5) is 11.5. The number of nitrogens with one attached hydrogen (secondary N) is 1. The van der Waals surface area contributed by atoms with Gasteiger partial charge in [0.2, 0.25) is 5.91 Å². The summed E-state index contributed by atoms with van der Waals surface area (Å²) < 4.78 is 10.6. The maximum absolute atomic E-state index is 11.5. The highest BCUT2D eigenvalue weighted by Gasteiger charge is 2.17. The van der Waals surface area contributed by atoms with Crippen LogP contribution in [0.25, 0.3) is 0 Å². The van der Waals surface area contributed by atoms with Gasteiger partial charge in [-0.25, -0.2) is 0 Å². The molecule has 0 rings (SSSR count). The molecule has 0 fully saturated rings.